The van der Waals surface area contributed by atoms with E-state index >= 15 is 0 Å². The Balaban J connectivity index is 2.31. The lowest BCUT2D eigenvalue weighted by Crippen LogP contribution is -2.11. The highest BCUT2D eigenvalue weighted by molar-refractivity contribution is 5.55. The molecule has 0 spiro atoms. The fourth-order valence-corrected chi connectivity index (χ4v) is 1.37. The molecule has 0 aliphatic rings. The zero-order chi connectivity index (χ0) is 11.5. The van der Waals surface area contributed by atoms with Gasteiger partial charge in [-0.2, -0.15) is 4.98 Å². The SMILES string of the molecule is Cc1cccc(-c2noc([C@@H](O)CN)n2)c1. The van der Waals surface area contributed by atoms with Gasteiger partial charge in [-0.05, 0) is 13.0 Å². The summed E-state index contributed by atoms with van der Waals surface area (Å²) in [6.07, 6.45) is -0.897. The second-order valence-corrected chi connectivity index (χ2v) is 3.58. The summed E-state index contributed by atoms with van der Waals surface area (Å²) in [5, 5.41) is 13.2. The van der Waals surface area contributed by atoms with Crippen molar-refractivity contribution in [2.75, 3.05) is 6.54 Å². The Morgan fingerprint density at radius 3 is 3.00 bits per heavy atom. The maximum absolute atomic E-state index is 9.42. The van der Waals surface area contributed by atoms with Crippen molar-refractivity contribution in [3.05, 3.63) is 35.7 Å². The van der Waals surface area contributed by atoms with Gasteiger partial charge in [-0.1, -0.05) is 28.9 Å². The molecule has 2 rings (SSSR count). The van der Waals surface area contributed by atoms with Gasteiger partial charge < -0.3 is 15.4 Å². The van der Waals surface area contributed by atoms with Gasteiger partial charge in [-0.25, -0.2) is 0 Å². The van der Waals surface area contributed by atoms with E-state index in [4.69, 9.17) is 10.3 Å². The van der Waals surface area contributed by atoms with Gasteiger partial charge in [0.1, 0.15) is 6.10 Å². The quantitative estimate of drug-likeness (QED) is 0.805. The minimum atomic E-state index is -0.897. The molecular formula is C11H13N3O2. The van der Waals surface area contributed by atoms with Crippen molar-refractivity contribution >= 4 is 0 Å². The predicted octanol–water partition coefficient (Wildman–Crippen LogP) is 1.04. The van der Waals surface area contributed by atoms with Crippen LogP contribution >= 0.6 is 0 Å². The number of aromatic nitrogens is 2. The first-order chi connectivity index (χ1) is 7.70. The first-order valence-corrected chi connectivity index (χ1v) is 4.99. The number of nitrogens with two attached hydrogens (primary N) is 1. The third-order valence-electron chi connectivity index (χ3n) is 2.23. The third-order valence-corrected chi connectivity index (χ3v) is 2.23. The first kappa shape index (κ1) is 10.8. The Hall–Kier alpha value is -1.72. The lowest BCUT2D eigenvalue weighted by Gasteiger charge is -1.98. The average molecular weight is 219 g/mol. The van der Waals surface area contributed by atoms with Gasteiger partial charge in [0.05, 0.1) is 0 Å². The highest BCUT2D eigenvalue weighted by Gasteiger charge is 2.15. The van der Waals surface area contributed by atoms with E-state index in [0.29, 0.717) is 5.82 Å². The number of hydrogen-bond donors (Lipinski definition) is 2. The number of rotatable bonds is 3. The average Bonchev–Trinajstić information content (AvgIpc) is 2.77. The summed E-state index contributed by atoms with van der Waals surface area (Å²) in [5.74, 6) is 0.616. The molecule has 3 N–H and O–H groups in total. The predicted molar refractivity (Wildman–Crippen MR) is 58.5 cm³/mol. The molecule has 1 atom stereocenters. The van der Waals surface area contributed by atoms with E-state index in [1.807, 2.05) is 31.2 Å². The number of aliphatic hydroxyl groups is 1. The summed E-state index contributed by atoms with van der Waals surface area (Å²) in [5.41, 5.74) is 7.27. The van der Waals surface area contributed by atoms with E-state index in [9.17, 15) is 5.11 Å². The van der Waals surface area contributed by atoms with Crippen LogP contribution in [-0.2, 0) is 0 Å². The summed E-state index contributed by atoms with van der Waals surface area (Å²) in [6.45, 7) is 2.05. The Bertz CT molecular complexity index is 482. The minimum absolute atomic E-state index is 0.0649. The van der Waals surface area contributed by atoms with Crippen LogP contribution in [0.5, 0.6) is 0 Å². The molecule has 0 amide bonds. The summed E-state index contributed by atoms with van der Waals surface area (Å²) < 4.78 is 4.92. The van der Waals surface area contributed by atoms with Gasteiger partial charge in [-0.3, -0.25) is 0 Å². The molecule has 0 radical (unpaired) electrons. The van der Waals surface area contributed by atoms with E-state index in [1.54, 1.807) is 0 Å². The molecule has 1 aromatic heterocycles. The van der Waals surface area contributed by atoms with Crippen molar-refractivity contribution in [3.8, 4) is 11.4 Å². The largest absolute Gasteiger partial charge is 0.382 e. The molecule has 0 aliphatic carbocycles. The first-order valence-electron chi connectivity index (χ1n) is 4.99. The standard InChI is InChI=1S/C11H13N3O2/c1-7-3-2-4-8(5-7)10-13-11(16-14-10)9(15)6-12/h2-5,9,15H,6,12H2,1H3/t9-/m0/s1. The van der Waals surface area contributed by atoms with Gasteiger partial charge in [-0.15, -0.1) is 0 Å². The van der Waals surface area contributed by atoms with Crippen LogP contribution in [0, 0.1) is 6.92 Å². The van der Waals surface area contributed by atoms with Crippen LogP contribution in [0.25, 0.3) is 11.4 Å². The molecule has 1 aromatic carbocycles. The van der Waals surface area contributed by atoms with Crippen LogP contribution in [-0.4, -0.2) is 21.8 Å². The molecule has 0 unspecified atom stereocenters. The smallest absolute Gasteiger partial charge is 0.257 e. The monoisotopic (exact) mass is 219 g/mol. The molecule has 2 aromatic rings. The Morgan fingerprint density at radius 1 is 1.50 bits per heavy atom. The van der Waals surface area contributed by atoms with E-state index in [1.165, 1.54) is 0 Å². The topological polar surface area (TPSA) is 85.2 Å². The number of nitrogens with zero attached hydrogens (tertiary/aromatic N) is 2. The molecule has 5 heteroatoms. The molecule has 0 saturated heterocycles. The van der Waals surface area contributed by atoms with Crippen molar-refractivity contribution in [3.63, 3.8) is 0 Å². The molecule has 1 heterocycles. The van der Waals surface area contributed by atoms with Crippen molar-refractivity contribution in [2.24, 2.45) is 5.73 Å². The normalized spacial score (nSPS) is 12.7. The van der Waals surface area contributed by atoms with Crippen LogP contribution < -0.4 is 5.73 Å². The van der Waals surface area contributed by atoms with E-state index in [0.717, 1.165) is 11.1 Å². The fourth-order valence-electron chi connectivity index (χ4n) is 1.37. The van der Waals surface area contributed by atoms with E-state index < -0.39 is 6.10 Å². The molecule has 0 fully saturated rings. The Kier molecular flexibility index (Phi) is 2.98. The fraction of sp³-hybridized carbons (Fsp3) is 0.273. The van der Waals surface area contributed by atoms with Crippen molar-refractivity contribution in [1.82, 2.24) is 10.1 Å². The lowest BCUT2D eigenvalue weighted by atomic mass is 10.1. The Morgan fingerprint density at radius 2 is 2.31 bits per heavy atom. The van der Waals surface area contributed by atoms with Crippen LogP contribution in [0.15, 0.2) is 28.8 Å². The zero-order valence-electron chi connectivity index (χ0n) is 8.92. The number of aryl methyl sites for hydroxylation is 1. The summed E-state index contributed by atoms with van der Waals surface area (Å²) in [7, 11) is 0. The number of benzene rings is 1. The zero-order valence-corrected chi connectivity index (χ0v) is 8.92. The van der Waals surface area contributed by atoms with Crippen LogP contribution in [0.1, 0.15) is 17.6 Å². The van der Waals surface area contributed by atoms with Crippen LogP contribution in [0.4, 0.5) is 0 Å². The van der Waals surface area contributed by atoms with Crippen molar-refractivity contribution in [2.45, 2.75) is 13.0 Å². The second kappa shape index (κ2) is 4.42. The van der Waals surface area contributed by atoms with Crippen LogP contribution in [0.3, 0.4) is 0 Å². The van der Waals surface area contributed by atoms with Gasteiger partial charge in [0.2, 0.25) is 5.82 Å². The number of aliphatic hydroxyl groups excluding tert-OH is 1. The molecule has 5 nitrogen and oxygen atoms in total. The van der Waals surface area contributed by atoms with Gasteiger partial charge >= 0.3 is 0 Å². The molecular weight excluding hydrogens is 206 g/mol. The molecule has 0 aliphatic heterocycles. The van der Waals surface area contributed by atoms with Gasteiger partial charge in [0.15, 0.2) is 0 Å². The highest BCUT2D eigenvalue weighted by Crippen LogP contribution is 2.19. The lowest BCUT2D eigenvalue weighted by molar-refractivity contribution is 0.141. The van der Waals surface area contributed by atoms with E-state index in [-0.39, 0.29) is 12.4 Å². The maximum Gasteiger partial charge on any atom is 0.257 e. The van der Waals surface area contributed by atoms with Crippen molar-refractivity contribution < 1.29 is 9.63 Å². The highest BCUT2D eigenvalue weighted by atomic mass is 16.5. The summed E-state index contributed by atoms with van der Waals surface area (Å²) in [6, 6.07) is 7.74. The summed E-state index contributed by atoms with van der Waals surface area (Å²) >= 11 is 0. The second-order valence-electron chi connectivity index (χ2n) is 3.58. The molecule has 0 saturated carbocycles. The van der Waals surface area contributed by atoms with Gasteiger partial charge in [0.25, 0.3) is 5.89 Å². The Labute approximate surface area is 92.9 Å². The van der Waals surface area contributed by atoms with Gasteiger partial charge in [0, 0.05) is 12.1 Å². The van der Waals surface area contributed by atoms with E-state index in [2.05, 4.69) is 10.1 Å². The molecule has 84 valence electrons. The minimum Gasteiger partial charge on any atom is -0.382 e. The molecule has 0 bridgehead atoms. The summed E-state index contributed by atoms with van der Waals surface area (Å²) in [4.78, 5) is 4.08. The molecule has 16 heavy (non-hydrogen) atoms. The number of hydrogen-bond acceptors (Lipinski definition) is 5. The van der Waals surface area contributed by atoms with Crippen LogP contribution in [0.2, 0.25) is 0 Å². The third kappa shape index (κ3) is 2.10. The van der Waals surface area contributed by atoms with Crippen molar-refractivity contribution in [1.29, 1.82) is 0 Å². The maximum atomic E-state index is 9.42.